The fourth-order valence-corrected chi connectivity index (χ4v) is 3.74. The molecule has 30 heavy (non-hydrogen) atoms. The molecule has 3 aromatic rings. The standard InChI is InChI=1S/C20H23N5O5/c1-12-6-8-24(9-7-12)16-11-15(18-19(23-30-22-18)20(16)25(26)27)21-14-10-13(28-2)4-5-17(14)29-3/h4-5,10-12,21H,6-9H2,1-3H3. The van der Waals surface area contributed by atoms with E-state index in [9.17, 15) is 10.1 Å². The van der Waals surface area contributed by atoms with Crippen molar-refractivity contribution < 1.29 is 19.0 Å². The van der Waals surface area contributed by atoms with Crippen LogP contribution >= 0.6 is 0 Å². The van der Waals surface area contributed by atoms with Crippen LogP contribution in [0.5, 0.6) is 11.5 Å². The Balaban J connectivity index is 1.84. The van der Waals surface area contributed by atoms with E-state index >= 15 is 0 Å². The maximum absolute atomic E-state index is 11.9. The third kappa shape index (κ3) is 3.56. The van der Waals surface area contributed by atoms with Gasteiger partial charge in [-0.05, 0) is 47.3 Å². The van der Waals surface area contributed by atoms with Crippen molar-refractivity contribution in [1.29, 1.82) is 0 Å². The number of benzene rings is 2. The molecule has 10 nitrogen and oxygen atoms in total. The van der Waals surface area contributed by atoms with Crippen molar-refractivity contribution in [2.75, 3.05) is 37.5 Å². The molecule has 2 heterocycles. The lowest BCUT2D eigenvalue weighted by molar-refractivity contribution is -0.382. The van der Waals surface area contributed by atoms with Crippen LogP contribution in [0, 0.1) is 16.0 Å². The molecule has 1 fully saturated rings. The van der Waals surface area contributed by atoms with Gasteiger partial charge in [0.1, 0.15) is 17.2 Å². The number of nitro groups is 1. The van der Waals surface area contributed by atoms with Gasteiger partial charge in [0.25, 0.3) is 0 Å². The Kier molecular flexibility index (Phi) is 5.30. The fraction of sp³-hybridized carbons (Fsp3) is 0.400. The first-order valence-corrected chi connectivity index (χ1v) is 9.69. The third-order valence-electron chi connectivity index (χ3n) is 5.47. The molecule has 1 aliphatic rings. The molecule has 10 heteroatoms. The van der Waals surface area contributed by atoms with Gasteiger partial charge in [-0.15, -0.1) is 0 Å². The van der Waals surface area contributed by atoms with Crippen molar-refractivity contribution >= 4 is 33.8 Å². The van der Waals surface area contributed by atoms with Crippen molar-refractivity contribution in [2.24, 2.45) is 5.92 Å². The Hall–Kier alpha value is -3.56. The maximum atomic E-state index is 11.9. The van der Waals surface area contributed by atoms with E-state index in [2.05, 4.69) is 22.6 Å². The van der Waals surface area contributed by atoms with Crippen molar-refractivity contribution in [3.05, 3.63) is 34.4 Å². The number of aromatic nitrogens is 2. The number of fused-ring (bicyclic) bond motifs is 1. The van der Waals surface area contributed by atoms with E-state index in [0.717, 1.165) is 25.9 Å². The molecule has 1 saturated heterocycles. The summed E-state index contributed by atoms with van der Waals surface area (Å²) in [4.78, 5) is 13.5. The van der Waals surface area contributed by atoms with Gasteiger partial charge in [0.2, 0.25) is 5.52 Å². The average molecular weight is 413 g/mol. The number of anilines is 3. The van der Waals surface area contributed by atoms with E-state index in [1.54, 1.807) is 38.5 Å². The van der Waals surface area contributed by atoms with Crippen LogP contribution in [0.15, 0.2) is 28.9 Å². The summed E-state index contributed by atoms with van der Waals surface area (Å²) in [6.45, 7) is 3.67. The molecule has 0 radical (unpaired) electrons. The molecule has 1 aliphatic heterocycles. The minimum absolute atomic E-state index is 0.0936. The molecule has 1 N–H and O–H groups in total. The summed E-state index contributed by atoms with van der Waals surface area (Å²) in [5.41, 5.74) is 1.97. The topological polar surface area (TPSA) is 116 Å². The van der Waals surface area contributed by atoms with Crippen LogP contribution in [-0.4, -0.2) is 42.5 Å². The zero-order valence-corrected chi connectivity index (χ0v) is 17.0. The van der Waals surface area contributed by atoms with Gasteiger partial charge in [0.15, 0.2) is 5.52 Å². The van der Waals surface area contributed by atoms with Gasteiger partial charge in [0.05, 0.1) is 30.5 Å². The Morgan fingerprint density at radius 3 is 2.53 bits per heavy atom. The minimum Gasteiger partial charge on any atom is -0.497 e. The Morgan fingerprint density at radius 2 is 1.87 bits per heavy atom. The molecule has 0 atom stereocenters. The van der Waals surface area contributed by atoms with Crippen LogP contribution in [0.2, 0.25) is 0 Å². The summed E-state index contributed by atoms with van der Waals surface area (Å²) in [5.74, 6) is 1.82. The van der Waals surface area contributed by atoms with E-state index in [1.807, 2.05) is 4.90 Å². The lowest BCUT2D eigenvalue weighted by Crippen LogP contribution is -2.33. The summed E-state index contributed by atoms with van der Waals surface area (Å²) in [7, 11) is 3.14. The number of hydrogen-bond donors (Lipinski definition) is 1. The second kappa shape index (κ2) is 8.05. The molecule has 1 aromatic heterocycles. The molecule has 0 spiro atoms. The number of piperidine rings is 1. The molecular weight excluding hydrogens is 390 g/mol. The molecular formula is C20H23N5O5. The van der Waals surface area contributed by atoms with Crippen LogP contribution in [0.4, 0.5) is 22.7 Å². The maximum Gasteiger partial charge on any atom is 0.323 e. The van der Waals surface area contributed by atoms with Crippen molar-refractivity contribution in [3.63, 3.8) is 0 Å². The van der Waals surface area contributed by atoms with Crippen LogP contribution in [0.1, 0.15) is 19.8 Å². The summed E-state index contributed by atoms with van der Waals surface area (Å²) < 4.78 is 15.6. The highest BCUT2D eigenvalue weighted by molar-refractivity contribution is 6.01. The summed E-state index contributed by atoms with van der Waals surface area (Å²) in [5, 5.41) is 22.9. The lowest BCUT2D eigenvalue weighted by atomic mass is 9.98. The van der Waals surface area contributed by atoms with Gasteiger partial charge in [0, 0.05) is 19.2 Å². The SMILES string of the molecule is COc1ccc(OC)c(Nc2cc(N3CCC(C)CC3)c([N+](=O)[O-])c3nonc23)c1. The van der Waals surface area contributed by atoms with Gasteiger partial charge in [-0.3, -0.25) is 10.1 Å². The predicted molar refractivity (Wildman–Crippen MR) is 112 cm³/mol. The van der Waals surface area contributed by atoms with Gasteiger partial charge in [-0.1, -0.05) is 6.92 Å². The van der Waals surface area contributed by atoms with Crippen LogP contribution in [0.3, 0.4) is 0 Å². The zero-order valence-electron chi connectivity index (χ0n) is 17.0. The number of rotatable bonds is 6. The fourth-order valence-electron chi connectivity index (χ4n) is 3.74. The number of hydrogen-bond acceptors (Lipinski definition) is 9. The molecule has 4 rings (SSSR count). The number of ether oxygens (including phenoxy) is 2. The van der Waals surface area contributed by atoms with Crippen molar-refractivity contribution in [1.82, 2.24) is 10.3 Å². The molecule has 2 aromatic carbocycles. The number of nitrogens with one attached hydrogen (secondary N) is 1. The molecule has 0 bridgehead atoms. The highest BCUT2D eigenvalue weighted by atomic mass is 16.6. The second-order valence-corrected chi connectivity index (χ2v) is 7.37. The highest BCUT2D eigenvalue weighted by Crippen LogP contribution is 2.42. The smallest absolute Gasteiger partial charge is 0.323 e. The van der Waals surface area contributed by atoms with Gasteiger partial charge in [-0.25, -0.2) is 4.63 Å². The average Bonchev–Trinajstić information content (AvgIpc) is 3.23. The molecule has 0 aliphatic carbocycles. The second-order valence-electron chi connectivity index (χ2n) is 7.37. The monoisotopic (exact) mass is 413 g/mol. The van der Waals surface area contributed by atoms with Crippen LogP contribution in [0.25, 0.3) is 11.0 Å². The number of methoxy groups -OCH3 is 2. The molecule has 0 saturated carbocycles. The Morgan fingerprint density at radius 1 is 1.13 bits per heavy atom. The minimum atomic E-state index is -0.421. The quantitative estimate of drug-likeness (QED) is 0.470. The molecule has 158 valence electrons. The van der Waals surface area contributed by atoms with E-state index in [1.165, 1.54) is 0 Å². The zero-order chi connectivity index (χ0) is 21.3. The van der Waals surface area contributed by atoms with Crippen molar-refractivity contribution in [2.45, 2.75) is 19.8 Å². The first kappa shape index (κ1) is 19.7. The van der Waals surface area contributed by atoms with E-state index < -0.39 is 4.92 Å². The highest BCUT2D eigenvalue weighted by Gasteiger charge is 2.30. The van der Waals surface area contributed by atoms with E-state index in [4.69, 9.17) is 14.1 Å². The van der Waals surface area contributed by atoms with Crippen LogP contribution in [-0.2, 0) is 0 Å². The number of nitrogens with zero attached hydrogens (tertiary/aromatic N) is 4. The van der Waals surface area contributed by atoms with E-state index in [0.29, 0.717) is 34.5 Å². The first-order chi connectivity index (χ1) is 14.5. The largest absolute Gasteiger partial charge is 0.497 e. The van der Waals surface area contributed by atoms with Gasteiger partial charge in [-0.2, -0.15) is 0 Å². The summed E-state index contributed by atoms with van der Waals surface area (Å²) in [6.07, 6.45) is 1.94. The van der Waals surface area contributed by atoms with Crippen LogP contribution < -0.4 is 19.7 Å². The van der Waals surface area contributed by atoms with E-state index in [-0.39, 0.29) is 16.7 Å². The predicted octanol–water partition coefficient (Wildman–Crippen LogP) is 4.13. The normalized spacial score (nSPS) is 14.7. The van der Waals surface area contributed by atoms with Gasteiger partial charge < -0.3 is 19.7 Å². The van der Waals surface area contributed by atoms with Crippen molar-refractivity contribution in [3.8, 4) is 11.5 Å². The lowest BCUT2D eigenvalue weighted by Gasteiger charge is -2.32. The number of nitro benzene ring substituents is 1. The summed E-state index contributed by atoms with van der Waals surface area (Å²) in [6, 6.07) is 7.08. The Labute approximate surface area is 172 Å². The molecule has 0 unspecified atom stereocenters. The first-order valence-electron chi connectivity index (χ1n) is 9.69. The summed E-state index contributed by atoms with van der Waals surface area (Å²) >= 11 is 0. The molecule has 0 amide bonds. The van der Waals surface area contributed by atoms with Gasteiger partial charge >= 0.3 is 5.69 Å². The Bertz CT molecular complexity index is 1070. The third-order valence-corrected chi connectivity index (χ3v) is 5.47.